The van der Waals surface area contributed by atoms with Crippen LogP contribution in [-0.4, -0.2) is 9.78 Å². The smallest absolute Gasteiger partial charge is 0.267 e. The van der Waals surface area contributed by atoms with Crippen molar-refractivity contribution in [3.63, 3.8) is 0 Å². The monoisotopic (exact) mass is 268 g/mol. The molecule has 2 aromatic heterocycles. The normalized spacial score (nSPS) is 10.6. The Morgan fingerprint density at radius 2 is 1.89 bits per heavy atom. The second-order valence-electron chi connectivity index (χ2n) is 4.25. The van der Waals surface area contributed by atoms with Crippen LogP contribution in [0.2, 0.25) is 0 Å². The molecule has 0 N–H and O–H groups in total. The molecule has 0 bridgehead atoms. The molecule has 94 valence electrons. The van der Waals surface area contributed by atoms with Crippen molar-refractivity contribution in [2.45, 2.75) is 0 Å². The van der Waals surface area contributed by atoms with Crippen molar-refractivity contribution in [2.24, 2.45) is 7.05 Å². The van der Waals surface area contributed by atoms with E-state index in [1.54, 1.807) is 24.5 Å². The van der Waals surface area contributed by atoms with Crippen LogP contribution >= 0.6 is 11.3 Å². The lowest BCUT2D eigenvalue weighted by molar-refractivity contribution is 0.713. The first-order chi connectivity index (χ1) is 9.25. The maximum absolute atomic E-state index is 11.8. The van der Waals surface area contributed by atoms with Gasteiger partial charge < -0.3 is 0 Å². The Hall–Kier alpha value is -2.20. The van der Waals surface area contributed by atoms with Gasteiger partial charge in [0.15, 0.2) is 0 Å². The Kier molecular flexibility index (Phi) is 3.01. The lowest BCUT2D eigenvalue weighted by Crippen LogP contribution is -2.19. The fourth-order valence-electron chi connectivity index (χ4n) is 1.99. The van der Waals surface area contributed by atoms with Crippen LogP contribution in [0.3, 0.4) is 0 Å². The molecule has 0 atom stereocenters. The second-order valence-corrected chi connectivity index (χ2v) is 5.03. The Morgan fingerprint density at radius 1 is 1.11 bits per heavy atom. The van der Waals surface area contributed by atoms with Gasteiger partial charge in [-0.05, 0) is 22.4 Å². The van der Waals surface area contributed by atoms with Crippen LogP contribution < -0.4 is 5.56 Å². The average molecular weight is 268 g/mol. The lowest BCUT2D eigenvalue weighted by atomic mass is 10.0. The summed E-state index contributed by atoms with van der Waals surface area (Å²) < 4.78 is 1.37. The summed E-state index contributed by atoms with van der Waals surface area (Å²) in [5.74, 6) is 0. The third-order valence-corrected chi connectivity index (χ3v) is 3.65. The summed E-state index contributed by atoms with van der Waals surface area (Å²) in [5.41, 5.74) is 3.67. The molecular formula is C15H12N2OS. The van der Waals surface area contributed by atoms with E-state index in [4.69, 9.17) is 0 Å². The molecule has 4 heteroatoms. The van der Waals surface area contributed by atoms with Gasteiger partial charge in [0.25, 0.3) is 5.56 Å². The van der Waals surface area contributed by atoms with Gasteiger partial charge in [0.1, 0.15) is 0 Å². The molecular weight excluding hydrogens is 256 g/mol. The molecule has 0 aliphatic heterocycles. The fourth-order valence-corrected chi connectivity index (χ4v) is 2.64. The first-order valence-corrected chi connectivity index (χ1v) is 6.86. The number of nitrogens with zero attached hydrogens (tertiary/aromatic N) is 2. The summed E-state index contributed by atoms with van der Waals surface area (Å²) in [5, 5.41) is 8.44. The van der Waals surface area contributed by atoms with Crippen molar-refractivity contribution in [2.75, 3.05) is 0 Å². The molecule has 0 aliphatic carbocycles. The number of aryl methyl sites for hydroxylation is 1. The number of rotatable bonds is 2. The Balaban J connectivity index is 2.29. The largest absolute Gasteiger partial charge is 0.268 e. The summed E-state index contributed by atoms with van der Waals surface area (Å²) in [6, 6.07) is 13.6. The molecule has 3 aromatic rings. The van der Waals surface area contributed by atoms with Gasteiger partial charge in [-0.3, -0.25) is 4.79 Å². The van der Waals surface area contributed by atoms with Crippen LogP contribution in [0.5, 0.6) is 0 Å². The SMILES string of the molecule is Cn1nc(-c2ccccc2)c(-c2ccsc2)cc1=O. The summed E-state index contributed by atoms with van der Waals surface area (Å²) in [6.45, 7) is 0. The molecule has 0 radical (unpaired) electrons. The predicted octanol–water partition coefficient (Wildman–Crippen LogP) is 3.18. The Bertz CT molecular complexity index is 746. The highest BCUT2D eigenvalue weighted by Gasteiger charge is 2.11. The van der Waals surface area contributed by atoms with Crippen LogP contribution in [0, 0.1) is 0 Å². The van der Waals surface area contributed by atoms with Gasteiger partial charge in [-0.25, -0.2) is 4.68 Å². The number of hydrogen-bond donors (Lipinski definition) is 0. The minimum absolute atomic E-state index is 0.0964. The van der Waals surface area contributed by atoms with Crippen LogP contribution in [0.4, 0.5) is 0 Å². The number of thiophene rings is 1. The average Bonchev–Trinajstić information content (AvgIpc) is 2.96. The first kappa shape index (κ1) is 11.9. The fraction of sp³-hybridized carbons (Fsp3) is 0.0667. The number of benzene rings is 1. The zero-order valence-electron chi connectivity index (χ0n) is 10.4. The summed E-state index contributed by atoms with van der Waals surface area (Å²) in [4.78, 5) is 11.8. The van der Waals surface area contributed by atoms with E-state index in [-0.39, 0.29) is 5.56 Å². The standard InChI is InChI=1S/C15H12N2OS/c1-17-14(18)9-13(12-7-8-19-10-12)15(16-17)11-5-3-2-4-6-11/h2-10H,1H3. The van der Waals surface area contributed by atoms with Gasteiger partial charge in [0.2, 0.25) is 0 Å². The molecule has 0 saturated heterocycles. The van der Waals surface area contributed by atoms with E-state index >= 15 is 0 Å². The van der Waals surface area contributed by atoms with E-state index in [1.165, 1.54) is 4.68 Å². The van der Waals surface area contributed by atoms with Crippen LogP contribution in [-0.2, 0) is 7.05 Å². The van der Waals surface area contributed by atoms with E-state index < -0.39 is 0 Å². The van der Waals surface area contributed by atoms with Crippen LogP contribution in [0.25, 0.3) is 22.4 Å². The second kappa shape index (κ2) is 4.82. The van der Waals surface area contributed by atoms with E-state index in [0.717, 1.165) is 22.4 Å². The Morgan fingerprint density at radius 3 is 2.58 bits per heavy atom. The highest BCUT2D eigenvalue weighted by atomic mass is 32.1. The maximum atomic E-state index is 11.8. The first-order valence-electron chi connectivity index (χ1n) is 5.92. The number of aromatic nitrogens is 2. The summed E-state index contributed by atoms with van der Waals surface area (Å²) in [6.07, 6.45) is 0. The van der Waals surface area contributed by atoms with Crippen molar-refractivity contribution < 1.29 is 0 Å². The Labute approximate surface area is 114 Å². The van der Waals surface area contributed by atoms with Gasteiger partial charge in [-0.1, -0.05) is 30.3 Å². The summed E-state index contributed by atoms with van der Waals surface area (Å²) >= 11 is 1.61. The minimum atomic E-state index is -0.0964. The van der Waals surface area contributed by atoms with E-state index in [2.05, 4.69) is 5.10 Å². The van der Waals surface area contributed by atoms with Crippen molar-refractivity contribution in [3.8, 4) is 22.4 Å². The zero-order valence-corrected chi connectivity index (χ0v) is 11.2. The molecule has 0 unspecified atom stereocenters. The van der Waals surface area contributed by atoms with Gasteiger partial charge in [-0.15, -0.1) is 0 Å². The molecule has 0 saturated carbocycles. The van der Waals surface area contributed by atoms with Crippen molar-refractivity contribution in [1.82, 2.24) is 9.78 Å². The van der Waals surface area contributed by atoms with Gasteiger partial charge in [-0.2, -0.15) is 16.4 Å². The third-order valence-electron chi connectivity index (χ3n) is 2.97. The highest BCUT2D eigenvalue weighted by Crippen LogP contribution is 2.30. The molecule has 3 rings (SSSR count). The quantitative estimate of drug-likeness (QED) is 0.715. The van der Waals surface area contributed by atoms with Crippen molar-refractivity contribution >= 4 is 11.3 Å². The van der Waals surface area contributed by atoms with Gasteiger partial charge in [0, 0.05) is 24.2 Å². The van der Waals surface area contributed by atoms with Crippen molar-refractivity contribution in [3.05, 3.63) is 63.6 Å². The molecule has 19 heavy (non-hydrogen) atoms. The van der Waals surface area contributed by atoms with Crippen LogP contribution in [0.15, 0.2) is 58.0 Å². The maximum Gasteiger partial charge on any atom is 0.267 e. The van der Waals surface area contributed by atoms with Crippen LogP contribution in [0.1, 0.15) is 0 Å². The van der Waals surface area contributed by atoms with Gasteiger partial charge >= 0.3 is 0 Å². The highest BCUT2D eigenvalue weighted by molar-refractivity contribution is 7.08. The minimum Gasteiger partial charge on any atom is -0.268 e. The van der Waals surface area contributed by atoms with E-state index in [9.17, 15) is 4.79 Å². The molecule has 0 aliphatic rings. The molecule has 1 aromatic carbocycles. The van der Waals surface area contributed by atoms with Gasteiger partial charge in [0.05, 0.1) is 5.69 Å². The number of hydrogen-bond acceptors (Lipinski definition) is 3. The lowest BCUT2D eigenvalue weighted by Gasteiger charge is -2.08. The molecule has 0 spiro atoms. The van der Waals surface area contributed by atoms with E-state index in [0.29, 0.717) is 0 Å². The summed E-state index contributed by atoms with van der Waals surface area (Å²) in [7, 11) is 1.67. The van der Waals surface area contributed by atoms with E-state index in [1.807, 2.05) is 47.2 Å². The topological polar surface area (TPSA) is 34.9 Å². The molecule has 3 nitrogen and oxygen atoms in total. The predicted molar refractivity (Wildman–Crippen MR) is 78.2 cm³/mol. The molecule has 2 heterocycles. The molecule has 0 amide bonds. The third kappa shape index (κ3) is 2.22. The van der Waals surface area contributed by atoms with Crippen molar-refractivity contribution in [1.29, 1.82) is 0 Å². The zero-order chi connectivity index (χ0) is 13.2. The molecule has 0 fully saturated rings.